The maximum atomic E-state index is 5.80. The number of hydrazine groups is 1. The number of hydrogen-bond acceptors (Lipinski definition) is 2. The van der Waals surface area contributed by atoms with Crippen molar-refractivity contribution in [2.75, 3.05) is 0 Å². The molecule has 0 fully saturated rings. The predicted molar refractivity (Wildman–Crippen MR) is 81.9 cm³/mol. The maximum absolute atomic E-state index is 5.80. The van der Waals surface area contributed by atoms with Crippen LogP contribution in [0.15, 0.2) is 29.8 Å². The van der Waals surface area contributed by atoms with Crippen molar-refractivity contribution in [3.05, 3.63) is 46.5 Å². The number of nitrogens with one attached hydrogen (secondary N) is 1. The van der Waals surface area contributed by atoms with Gasteiger partial charge in [-0.3, -0.25) is 11.3 Å². The average Bonchev–Trinajstić information content (AvgIpc) is 2.68. The van der Waals surface area contributed by atoms with E-state index in [2.05, 4.69) is 43.5 Å². The lowest BCUT2D eigenvalue weighted by Gasteiger charge is -2.20. The Morgan fingerprint density at radius 1 is 1.21 bits per heavy atom. The molecule has 0 saturated heterocycles. The highest BCUT2D eigenvalue weighted by Gasteiger charge is 2.15. The third kappa shape index (κ3) is 3.92. The van der Waals surface area contributed by atoms with Crippen molar-refractivity contribution in [3.8, 4) is 0 Å². The fourth-order valence-electron chi connectivity index (χ4n) is 2.89. The SMILES string of the molecule is Cc1ccc(C)c(CC(NN)C2=CCCCCC2)c1. The third-order valence-electron chi connectivity index (χ3n) is 4.15. The lowest BCUT2D eigenvalue weighted by atomic mass is 9.93. The predicted octanol–water partition coefficient (Wildman–Crippen LogP) is 3.57. The fraction of sp³-hybridized carbons (Fsp3) is 0.529. The zero-order chi connectivity index (χ0) is 13.7. The second kappa shape index (κ2) is 6.88. The third-order valence-corrected chi connectivity index (χ3v) is 4.15. The van der Waals surface area contributed by atoms with Crippen LogP contribution in [0.25, 0.3) is 0 Å². The van der Waals surface area contributed by atoms with Gasteiger partial charge in [0.1, 0.15) is 0 Å². The lowest BCUT2D eigenvalue weighted by molar-refractivity contribution is 0.563. The summed E-state index contributed by atoms with van der Waals surface area (Å²) in [5, 5.41) is 0. The molecule has 1 aromatic carbocycles. The van der Waals surface area contributed by atoms with E-state index in [9.17, 15) is 0 Å². The summed E-state index contributed by atoms with van der Waals surface area (Å²) < 4.78 is 0. The van der Waals surface area contributed by atoms with Crippen LogP contribution >= 0.6 is 0 Å². The van der Waals surface area contributed by atoms with Gasteiger partial charge in [0.25, 0.3) is 0 Å². The van der Waals surface area contributed by atoms with Crippen LogP contribution in [0.3, 0.4) is 0 Å². The number of allylic oxidation sites excluding steroid dienone is 1. The van der Waals surface area contributed by atoms with Crippen LogP contribution in [-0.2, 0) is 6.42 Å². The molecule has 1 unspecified atom stereocenters. The van der Waals surface area contributed by atoms with Gasteiger partial charge in [-0.05, 0) is 57.1 Å². The largest absolute Gasteiger partial charge is 0.271 e. The summed E-state index contributed by atoms with van der Waals surface area (Å²) in [5.74, 6) is 5.80. The molecule has 2 heteroatoms. The quantitative estimate of drug-likeness (QED) is 0.492. The minimum absolute atomic E-state index is 0.290. The van der Waals surface area contributed by atoms with Crippen LogP contribution in [0.4, 0.5) is 0 Å². The van der Waals surface area contributed by atoms with Crippen molar-refractivity contribution < 1.29 is 0 Å². The van der Waals surface area contributed by atoms with Gasteiger partial charge in [-0.1, -0.05) is 41.8 Å². The van der Waals surface area contributed by atoms with Crippen molar-refractivity contribution in [1.82, 2.24) is 5.43 Å². The van der Waals surface area contributed by atoms with Crippen molar-refractivity contribution >= 4 is 0 Å². The zero-order valence-corrected chi connectivity index (χ0v) is 12.2. The van der Waals surface area contributed by atoms with Gasteiger partial charge in [0, 0.05) is 6.04 Å². The first-order valence-electron chi connectivity index (χ1n) is 7.42. The highest BCUT2D eigenvalue weighted by molar-refractivity contribution is 5.32. The summed E-state index contributed by atoms with van der Waals surface area (Å²) in [6.45, 7) is 4.34. The average molecular weight is 258 g/mol. The normalized spacial score (nSPS) is 17.7. The number of hydrogen-bond donors (Lipinski definition) is 2. The molecule has 0 spiro atoms. The zero-order valence-electron chi connectivity index (χ0n) is 12.2. The standard InChI is InChI=1S/C17H26N2/c1-13-9-10-14(2)16(11-13)12-17(19-18)15-7-5-3-4-6-8-15/h7,9-11,17,19H,3-6,8,12,18H2,1-2H3. The Labute approximate surface area is 117 Å². The molecule has 2 nitrogen and oxygen atoms in total. The van der Waals surface area contributed by atoms with E-state index in [-0.39, 0.29) is 0 Å². The molecule has 1 atom stereocenters. The minimum Gasteiger partial charge on any atom is -0.271 e. The molecule has 0 bridgehead atoms. The van der Waals surface area contributed by atoms with Crippen molar-refractivity contribution in [3.63, 3.8) is 0 Å². The summed E-state index contributed by atoms with van der Waals surface area (Å²) in [6, 6.07) is 6.96. The molecule has 0 saturated carbocycles. The Kier molecular flexibility index (Phi) is 5.17. The summed E-state index contributed by atoms with van der Waals surface area (Å²) in [5.41, 5.74) is 8.62. The number of aryl methyl sites for hydroxylation is 2. The van der Waals surface area contributed by atoms with Gasteiger partial charge >= 0.3 is 0 Å². The Morgan fingerprint density at radius 2 is 2.05 bits per heavy atom. The van der Waals surface area contributed by atoms with E-state index in [1.807, 2.05) is 0 Å². The monoisotopic (exact) mass is 258 g/mol. The Hall–Kier alpha value is -1.12. The molecule has 1 aliphatic carbocycles. The summed E-state index contributed by atoms with van der Waals surface area (Å²) in [7, 11) is 0. The van der Waals surface area contributed by atoms with Crippen LogP contribution < -0.4 is 11.3 Å². The van der Waals surface area contributed by atoms with E-state index in [1.165, 1.54) is 54.4 Å². The lowest BCUT2D eigenvalue weighted by Crippen LogP contribution is -2.38. The van der Waals surface area contributed by atoms with Gasteiger partial charge in [0.2, 0.25) is 0 Å². The first kappa shape index (κ1) is 14.3. The molecule has 0 amide bonds. The molecule has 104 valence electrons. The smallest absolute Gasteiger partial charge is 0.0460 e. The van der Waals surface area contributed by atoms with Crippen LogP contribution in [0.5, 0.6) is 0 Å². The van der Waals surface area contributed by atoms with Crippen LogP contribution in [0.1, 0.15) is 48.8 Å². The fourth-order valence-corrected chi connectivity index (χ4v) is 2.89. The van der Waals surface area contributed by atoms with E-state index < -0.39 is 0 Å². The molecule has 0 heterocycles. The van der Waals surface area contributed by atoms with Crippen molar-refractivity contribution in [2.45, 2.75) is 58.4 Å². The maximum Gasteiger partial charge on any atom is 0.0460 e. The molecule has 0 radical (unpaired) electrons. The molecular formula is C17H26N2. The van der Waals surface area contributed by atoms with Gasteiger partial charge in [-0.15, -0.1) is 0 Å². The van der Waals surface area contributed by atoms with E-state index in [4.69, 9.17) is 5.84 Å². The summed E-state index contributed by atoms with van der Waals surface area (Å²) in [6.07, 6.45) is 9.78. The Bertz CT molecular complexity index is 449. The second-order valence-electron chi connectivity index (χ2n) is 5.73. The van der Waals surface area contributed by atoms with Crippen molar-refractivity contribution in [1.29, 1.82) is 0 Å². The van der Waals surface area contributed by atoms with E-state index >= 15 is 0 Å². The number of rotatable bonds is 4. The molecule has 0 aliphatic heterocycles. The topological polar surface area (TPSA) is 38.0 Å². The van der Waals surface area contributed by atoms with Crippen molar-refractivity contribution in [2.24, 2.45) is 5.84 Å². The van der Waals surface area contributed by atoms with Gasteiger partial charge in [0.05, 0.1) is 0 Å². The van der Waals surface area contributed by atoms with Crippen LogP contribution in [-0.4, -0.2) is 6.04 Å². The molecule has 1 aliphatic rings. The van der Waals surface area contributed by atoms with Crippen LogP contribution in [0.2, 0.25) is 0 Å². The molecule has 3 N–H and O–H groups in total. The highest BCUT2D eigenvalue weighted by atomic mass is 15.2. The van der Waals surface area contributed by atoms with Crippen LogP contribution in [0, 0.1) is 13.8 Å². The molecule has 2 rings (SSSR count). The molecule has 0 aromatic heterocycles. The van der Waals surface area contributed by atoms with Gasteiger partial charge in [-0.2, -0.15) is 0 Å². The minimum atomic E-state index is 0.290. The Morgan fingerprint density at radius 3 is 2.84 bits per heavy atom. The number of benzene rings is 1. The second-order valence-corrected chi connectivity index (χ2v) is 5.73. The molecule has 1 aromatic rings. The van der Waals surface area contributed by atoms with Gasteiger partial charge in [0.15, 0.2) is 0 Å². The van der Waals surface area contributed by atoms with Gasteiger partial charge < -0.3 is 0 Å². The molecule has 19 heavy (non-hydrogen) atoms. The first-order valence-corrected chi connectivity index (χ1v) is 7.42. The number of nitrogens with two attached hydrogens (primary N) is 1. The highest BCUT2D eigenvalue weighted by Crippen LogP contribution is 2.23. The Balaban J connectivity index is 2.13. The van der Waals surface area contributed by atoms with E-state index in [0.717, 1.165) is 6.42 Å². The summed E-state index contributed by atoms with van der Waals surface area (Å²) in [4.78, 5) is 0. The summed E-state index contributed by atoms with van der Waals surface area (Å²) >= 11 is 0. The first-order chi connectivity index (χ1) is 9.20. The van der Waals surface area contributed by atoms with E-state index in [1.54, 1.807) is 0 Å². The molecular weight excluding hydrogens is 232 g/mol. The van der Waals surface area contributed by atoms with Gasteiger partial charge in [-0.25, -0.2) is 0 Å². The van der Waals surface area contributed by atoms with E-state index in [0.29, 0.717) is 6.04 Å².